The average molecular weight is 403 g/mol. The molecule has 0 aliphatic heterocycles. The third-order valence-corrected chi connectivity index (χ3v) is 5.17. The summed E-state index contributed by atoms with van der Waals surface area (Å²) in [6, 6.07) is 25.9. The zero-order chi connectivity index (χ0) is 20.1. The summed E-state index contributed by atoms with van der Waals surface area (Å²) in [5.74, 6) is 0.479. The van der Waals surface area contributed by atoms with Gasteiger partial charge >= 0.3 is 5.97 Å². The number of para-hydroxylation sites is 1. The highest BCUT2D eigenvalue weighted by Gasteiger charge is 2.13. The van der Waals surface area contributed by atoms with Crippen LogP contribution in [0.5, 0.6) is 11.5 Å². The fourth-order valence-corrected chi connectivity index (χ4v) is 3.67. The molecule has 0 radical (unpaired) electrons. The molecule has 6 heteroatoms. The Labute approximate surface area is 171 Å². The molecule has 29 heavy (non-hydrogen) atoms. The molecular formula is C23H17NO4S. The van der Waals surface area contributed by atoms with Gasteiger partial charge < -0.3 is 14.8 Å². The standard InChI is InChI=1S/C23H17NO4S/c25-22(15-27-23(26)21-14-16-6-4-5-9-20(16)29-21)24-17-10-12-19(13-11-17)28-18-7-2-1-3-8-18/h1-14H,15H2,(H,24,25). The highest BCUT2D eigenvalue weighted by atomic mass is 32.1. The van der Waals surface area contributed by atoms with E-state index in [9.17, 15) is 9.59 Å². The van der Waals surface area contributed by atoms with Crippen LogP contribution < -0.4 is 10.1 Å². The predicted molar refractivity (Wildman–Crippen MR) is 114 cm³/mol. The summed E-state index contributed by atoms with van der Waals surface area (Å²) >= 11 is 1.34. The molecule has 1 heterocycles. The van der Waals surface area contributed by atoms with Crippen LogP contribution in [0.2, 0.25) is 0 Å². The summed E-state index contributed by atoms with van der Waals surface area (Å²) in [5.41, 5.74) is 0.591. The van der Waals surface area contributed by atoms with E-state index in [0.29, 0.717) is 16.3 Å². The van der Waals surface area contributed by atoms with Gasteiger partial charge in [0.05, 0.1) is 0 Å². The molecule has 4 aromatic rings. The Hall–Kier alpha value is -3.64. The molecule has 5 nitrogen and oxygen atoms in total. The van der Waals surface area contributed by atoms with Crippen molar-refractivity contribution in [2.45, 2.75) is 0 Å². The summed E-state index contributed by atoms with van der Waals surface area (Å²) in [7, 11) is 0. The molecule has 3 aromatic carbocycles. The SMILES string of the molecule is O=C(COC(=O)c1cc2ccccc2s1)Nc1ccc(Oc2ccccc2)cc1. The van der Waals surface area contributed by atoms with E-state index in [4.69, 9.17) is 9.47 Å². The lowest BCUT2D eigenvalue weighted by Gasteiger charge is -2.08. The largest absolute Gasteiger partial charge is 0.457 e. The molecule has 4 rings (SSSR count). The lowest BCUT2D eigenvalue weighted by molar-refractivity contribution is -0.119. The summed E-state index contributed by atoms with van der Waals surface area (Å²) in [5, 5.41) is 3.68. The molecule has 1 aromatic heterocycles. The van der Waals surface area contributed by atoms with Crippen LogP contribution in [0.3, 0.4) is 0 Å². The van der Waals surface area contributed by atoms with Gasteiger partial charge in [0, 0.05) is 10.4 Å². The molecule has 0 fully saturated rings. The van der Waals surface area contributed by atoms with Crippen molar-refractivity contribution in [3.8, 4) is 11.5 Å². The Bertz CT molecular complexity index is 1100. The molecular weight excluding hydrogens is 386 g/mol. The summed E-state index contributed by atoms with van der Waals surface area (Å²) in [6.45, 7) is -0.352. The van der Waals surface area contributed by atoms with Crippen molar-refractivity contribution in [2.75, 3.05) is 11.9 Å². The zero-order valence-electron chi connectivity index (χ0n) is 15.3. The number of thiophene rings is 1. The van der Waals surface area contributed by atoms with E-state index in [1.165, 1.54) is 11.3 Å². The van der Waals surface area contributed by atoms with E-state index >= 15 is 0 Å². The van der Waals surface area contributed by atoms with E-state index in [-0.39, 0.29) is 6.61 Å². The van der Waals surface area contributed by atoms with Crippen LogP contribution >= 0.6 is 11.3 Å². The predicted octanol–water partition coefficient (Wildman–Crippen LogP) is 5.49. The third kappa shape index (κ3) is 4.80. The van der Waals surface area contributed by atoms with Gasteiger partial charge in [-0.2, -0.15) is 0 Å². The second-order valence-electron chi connectivity index (χ2n) is 6.21. The van der Waals surface area contributed by atoms with Crippen LogP contribution in [0, 0.1) is 0 Å². The normalized spacial score (nSPS) is 10.5. The number of amides is 1. The van der Waals surface area contributed by atoms with Gasteiger partial charge in [-0.05, 0) is 53.9 Å². The smallest absolute Gasteiger partial charge is 0.348 e. The summed E-state index contributed by atoms with van der Waals surface area (Å²) in [4.78, 5) is 24.7. The van der Waals surface area contributed by atoms with Crippen LogP contribution in [-0.2, 0) is 9.53 Å². The number of fused-ring (bicyclic) bond motifs is 1. The second-order valence-corrected chi connectivity index (χ2v) is 7.30. The summed E-state index contributed by atoms with van der Waals surface area (Å²) < 4.78 is 11.8. The number of benzene rings is 3. The van der Waals surface area contributed by atoms with E-state index in [2.05, 4.69) is 5.32 Å². The minimum atomic E-state index is -0.507. The number of nitrogens with one attached hydrogen (secondary N) is 1. The minimum Gasteiger partial charge on any atom is -0.457 e. The first-order valence-corrected chi connectivity index (χ1v) is 9.77. The second kappa shape index (κ2) is 8.58. The first kappa shape index (κ1) is 18.7. The molecule has 1 amide bonds. The fourth-order valence-electron chi connectivity index (χ4n) is 2.71. The third-order valence-electron chi connectivity index (χ3n) is 4.08. The Morgan fingerprint density at radius 2 is 1.52 bits per heavy atom. The first-order chi connectivity index (χ1) is 14.2. The van der Waals surface area contributed by atoms with E-state index in [0.717, 1.165) is 15.8 Å². The van der Waals surface area contributed by atoms with Crippen molar-refractivity contribution in [3.63, 3.8) is 0 Å². The monoisotopic (exact) mass is 403 g/mol. The van der Waals surface area contributed by atoms with Crippen molar-refractivity contribution in [2.24, 2.45) is 0 Å². The molecule has 0 atom stereocenters. The number of rotatable bonds is 6. The van der Waals surface area contributed by atoms with E-state index in [1.54, 1.807) is 30.3 Å². The van der Waals surface area contributed by atoms with Crippen molar-refractivity contribution < 1.29 is 19.1 Å². The van der Waals surface area contributed by atoms with Crippen LogP contribution in [-0.4, -0.2) is 18.5 Å². The summed E-state index contributed by atoms with van der Waals surface area (Å²) in [6.07, 6.45) is 0. The maximum absolute atomic E-state index is 12.2. The quantitative estimate of drug-likeness (QED) is 0.433. The highest BCUT2D eigenvalue weighted by Crippen LogP contribution is 2.26. The van der Waals surface area contributed by atoms with Gasteiger partial charge in [-0.15, -0.1) is 11.3 Å². The number of hydrogen-bond donors (Lipinski definition) is 1. The Morgan fingerprint density at radius 3 is 2.28 bits per heavy atom. The van der Waals surface area contributed by atoms with Gasteiger partial charge in [-0.25, -0.2) is 4.79 Å². The maximum Gasteiger partial charge on any atom is 0.348 e. The highest BCUT2D eigenvalue weighted by molar-refractivity contribution is 7.20. The Kier molecular flexibility index (Phi) is 5.54. The number of carbonyl (C=O) groups is 2. The van der Waals surface area contributed by atoms with E-state index in [1.807, 2.05) is 54.6 Å². The molecule has 0 saturated carbocycles. The minimum absolute atomic E-state index is 0.352. The van der Waals surface area contributed by atoms with Gasteiger partial charge in [0.25, 0.3) is 5.91 Å². The molecule has 0 spiro atoms. The van der Waals surface area contributed by atoms with Crippen LogP contribution in [0.4, 0.5) is 5.69 Å². The molecule has 144 valence electrons. The number of anilines is 1. The average Bonchev–Trinajstić information content (AvgIpc) is 3.19. The number of carbonyl (C=O) groups excluding carboxylic acids is 2. The zero-order valence-corrected chi connectivity index (χ0v) is 16.1. The topological polar surface area (TPSA) is 64.6 Å². The molecule has 0 unspecified atom stereocenters. The Balaban J connectivity index is 1.29. The van der Waals surface area contributed by atoms with Crippen molar-refractivity contribution in [1.29, 1.82) is 0 Å². The fraction of sp³-hybridized carbons (Fsp3) is 0.0435. The van der Waals surface area contributed by atoms with Gasteiger partial charge in [-0.1, -0.05) is 36.4 Å². The molecule has 0 aliphatic rings. The van der Waals surface area contributed by atoms with E-state index < -0.39 is 11.9 Å². The maximum atomic E-state index is 12.2. The van der Waals surface area contributed by atoms with Crippen molar-refractivity contribution in [3.05, 3.63) is 89.8 Å². The van der Waals surface area contributed by atoms with Crippen molar-refractivity contribution in [1.82, 2.24) is 0 Å². The van der Waals surface area contributed by atoms with Crippen LogP contribution in [0.1, 0.15) is 9.67 Å². The van der Waals surface area contributed by atoms with Crippen LogP contribution in [0.15, 0.2) is 84.9 Å². The molecule has 0 saturated heterocycles. The number of esters is 1. The van der Waals surface area contributed by atoms with Gasteiger partial charge in [0.1, 0.15) is 16.4 Å². The number of ether oxygens (including phenoxy) is 2. The van der Waals surface area contributed by atoms with Gasteiger partial charge in [0.2, 0.25) is 0 Å². The number of hydrogen-bond acceptors (Lipinski definition) is 5. The molecule has 0 bridgehead atoms. The lowest BCUT2D eigenvalue weighted by Crippen LogP contribution is -2.20. The molecule has 0 aliphatic carbocycles. The lowest BCUT2D eigenvalue weighted by atomic mass is 10.2. The van der Waals surface area contributed by atoms with Gasteiger partial charge in [0.15, 0.2) is 6.61 Å². The van der Waals surface area contributed by atoms with Crippen molar-refractivity contribution >= 4 is 39.0 Å². The van der Waals surface area contributed by atoms with Crippen LogP contribution in [0.25, 0.3) is 10.1 Å². The first-order valence-electron chi connectivity index (χ1n) is 8.96. The Morgan fingerprint density at radius 1 is 0.828 bits per heavy atom. The molecule has 1 N–H and O–H groups in total. The van der Waals surface area contributed by atoms with Gasteiger partial charge in [-0.3, -0.25) is 4.79 Å².